The lowest BCUT2D eigenvalue weighted by Crippen LogP contribution is -2.25. The molecular weight excluding hydrogens is 361 g/mol. The number of nitrogens with zero attached hydrogens (tertiary/aromatic N) is 1. The zero-order valence-electron chi connectivity index (χ0n) is 13.8. The zero-order valence-corrected chi connectivity index (χ0v) is 13.8. The van der Waals surface area contributed by atoms with E-state index >= 15 is 0 Å². The quantitative estimate of drug-likeness (QED) is 0.306. The predicted molar refractivity (Wildman–Crippen MR) is 82.8 cm³/mol. The number of hydrogen-bond donors (Lipinski definition) is 1. The average Bonchev–Trinajstić information content (AvgIpc) is 2.58. The molecule has 1 aromatic carbocycles. The van der Waals surface area contributed by atoms with Gasteiger partial charge in [-0.1, -0.05) is 0 Å². The Morgan fingerprint density at radius 1 is 1.27 bits per heavy atom. The van der Waals surface area contributed by atoms with E-state index in [1.54, 1.807) is 0 Å². The number of nitro benzene ring substituents is 1. The van der Waals surface area contributed by atoms with Crippen LogP contribution in [0.25, 0.3) is 0 Å². The van der Waals surface area contributed by atoms with Crippen molar-refractivity contribution in [2.24, 2.45) is 0 Å². The third-order valence-corrected chi connectivity index (χ3v) is 3.13. The summed E-state index contributed by atoms with van der Waals surface area (Å²) in [6, 6.07) is 2.77. The molecule has 0 radical (unpaired) electrons. The van der Waals surface area contributed by atoms with E-state index in [1.165, 1.54) is 7.11 Å². The fourth-order valence-electron chi connectivity index (χ4n) is 1.90. The van der Waals surface area contributed by atoms with Gasteiger partial charge in [0.2, 0.25) is 0 Å². The first-order valence-corrected chi connectivity index (χ1v) is 7.47. The molecule has 0 heterocycles. The van der Waals surface area contributed by atoms with Gasteiger partial charge in [0.1, 0.15) is 11.3 Å². The van der Waals surface area contributed by atoms with Gasteiger partial charge in [0.25, 0.3) is 11.6 Å². The number of methoxy groups -OCH3 is 1. The lowest BCUT2D eigenvalue weighted by Gasteiger charge is -2.11. The van der Waals surface area contributed by atoms with Crippen molar-refractivity contribution in [1.29, 1.82) is 0 Å². The van der Waals surface area contributed by atoms with Crippen LogP contribution < -0.4 is 10.1 Å². The van der Waals surface area contributed by atoms with Gasteiger partial charge in [0, 0.05) is 19.0 Å². The Hall–Kier alpha value is -2.85. The highest BCUT2D eigenvalue weighted by atomic mass is 19.4. The van der Waals surface area contributed by atoms with Crippen molar-refractivity contribution >= 4 is 17.6 Å². The molecule has 0 atom stereocenters. The van der Waals surface area contributed by atoms with E-state index in [9.17, 15) is 32.9 Å². The first kappa shape index (κ1) is 21.2. The minimum atomic E-state index is -4.58. The molecule has 11 heteroatoms. The van der Waals surface area contributed by atoms with E-state index in [0.717, 1.165) is 18.2 Å². The largest absolute Gasteiger partial charge is 0.484 e. The van der Waals surface area contributed by atoms with Crippen LogP contribution in [0.2, 0.25) is 0 Å². The molecule has 0 spiro atoms. The summed E-state index contributed by atoms with van der Waals surface area (Å²) < 4.78 is 45.5. The van der Waals surface area contributed by atoms with Crippen molar-refractivity contribution in [1.82, 2.24) is 5.32 Å². The number of alkyl halides is 3. The van der Waals surface area contributed by atoms with Crippen molar-refractivity contribution in [3.8, 4) is 5.75 Å². The normalized spacial score (nSPS) is 10.9. The third-order valence-electron chi connectivity index (χ3n) is 3.13. The number of carbonyl (C=O) groups excluding carboxylic acids is 2. The minimum Gasteiger partial charge on any atom is -0.484 e. The Kier molecular flexibility index (Phi) is 7.81. The maximum absolute atomic E-state index is 12.2. The third kappa shape index (κ3) is 7.36. The van der Waals surface area contributed by atoms with Gasteiger partial charge >= 0.3 is 12.1 Å². The van der Waals surface area contributed by atoms with Gasteiger partial charge in [-0.05, 0) is 25.0 Å². The summed E-state index contributed by atoms with van der Waals surface area (Å²) in [6.45, 7) is -1.46. The molecule has 144 valence electrons. The SMILES string of the molecule is COC(=O)CCCCNC(=O)c1cc(OCC(F)(F)F)ccc1[N+](=O)[O-]. The summed E-state index contributed by atoms with van der Waals surface area (Å²) in [6.07, 6.45) is -3.57. The number of halogens is 3. The second kappa shape index (κ2) is 9.59. The lowest BCUT2D eigenvalue weighted by molar-refractivity contribution is -0.385. The molecule has 0 unspecified atom stereocenters. The number of esters is 1. The van der Waals surface area contributed by atoms with E-state index in [-0.39, 0.29) is 18.7 Å². The standard InChI is InChI=1S/C15H17F3N2O6/c1-25-13(21)4-2-3-7-19-14(22)11-8-10(26-9-15(16,17)18)5-6-12(11)20(23)24/h5-6,8H,2-4,7,9H2,1H3,(H,19,22). The molecule has 0 fully saturated rings. The Morgan fingerprint density at radius 2 is 1.96 bits per heavy atom. The van der Waals surface area contributed by atoms with Gasteiger partial charge in [-0.25, -0.2) is 0 Å². The van der Waals surface area contributed by atoms with E-state index < -0.39 is 40.8 Å². The molecule has 1 N–H and O–H groups in total. The van der Waals surface area contributed by atoms with Crippen LogP contribution in [0.1, 0.15) is 29.6 Å². The van der Waals surface area contributed by atoms with Gasteiger partial charge < -0.3 is 14.8 Å². The highest BCUT2D eigenvalue weighted by Gasteiger charge is 2.29. The molecule has 0 aliphatic carbocycles. The number of carbonyl (C=O) groups is 2. The molecule has 1 rings (SSSR count). The number of nitro groups is 1. The van der Waals surface area contributed by atoms with Crippen LogP contribution in [0.15, 0.2) is 18.2 Å². The number of amides is 1. The molecule has 0 aliphatic heterocycles. The second-order valence-electron chi connectivity index (χ2n) is 5.13. The number of ether oxygens (including phenoxy) is 2. The molecule has 0 bridgehead atoms. The maximum atomic E-state index is 12.2. The summed E-state index contributed by atoms with van der Waals surface area (Å²) >= 11 is 0. The van der Waals surface area contributed by atoms with Gasteiger partial charge in [-0.2, -0.15) is 13.2 Å². The molecule has 0 saturated heterocycles. The van der Waals surface area contributed by atoms with Crippen LogP contribution in [0.5, 0.6) is 5.75 Å². The molecule has 1 aromatic rings. The molecule has 26 heavy (non-hydrogen) atoms. The van der Waals surface area contributed by atoms with Crippen molar-refractivity contribution in [2.45, 2.75) is 25.4 Å². The number of unbranched alkanes of at least 4 members (excludes halogenated alkanes) is 1. The summed E-state index contributed by atoms with van der Waals surface area (Å²) in [5.41, 5.74) is -0.973. The molecule has 8 nitrogen and oxygen atoms in total. The Bertz CT molecular complexity index is 663. The number of benzene rings is 1. The number of hydrogen-bond acceptors (Lipinski definition) is 6. The van der Waals surface area contributed by atoms with Crippen molar-refractivity contribution in [3.63, 3.8) is 0 Å². The summed E-state index contributed by atoms with van der Waals surface area (Å²) in [5.74, 6) is -1.54. The van der Waals surface area contributed by atoms with Crippen LogP contribution in [-0.2, 0) is 9.53 Å². The fraction of sp³-hybridized carbons (Fsp3) is 0.467. The number of rotatable bonds is 9. The molecule has 1 amide bonds. The highest BCUT2D eigenvalue weighted by Crippen LogP contribution is 2.25. The Balaban J connectivity index is 2.72. The lowest BCUT2D eigenvalue weighted by atomic mass is 10.1. The summed E-state index contributed by atoms with van der Waals surface area (Å²) in [4.78, 5) is 33.2. The van der Waals surface area contributed by atoms with Crippen LogP contribution in [0.3, 0.4) is 0 Å². The zero-order chi connectivity index (χ0) is 19.7. The summed E-state index contributed by atoms with van der Waals surface area (Å²) in [5, 5.41) is 13.4. The fourth-order valence-corrected chi connectivity index (χ4v) is 1.90. The maximum Gasteiger partial charge on any atom is 0.422 e. The number of nitrogens with one attached hydrogen (secondary N) is 1. The van der Waals surface area contributed by atoms with Crippen LogP contribution >= 0.6 is 0 Å². The van der Waals surface area contributed by atoms with Crippen LogP contribution in [-0.4, -0.2) is 43.2 Å². The second-order valence-corrected chi connectivity index (χ2v) is 5.13. The van der Waals surface area contributed by atoms with E-state index in [0.29, 0.717) is 12.8 Å². The monoisotopic (exact) mass is 378 g/mol. The Morgan fingerprint density at radius 3 is 2.54 bits per heavy atom. The van der Waals surface area contributed by atoms with E-state index in [2.05, 4.69) is 14.8 Å². The van der Waals surface area contributed by atoms with Crippen LogP contribution in [0, 0.1) is 10.1 Å². The first-order valence-electron chi connectivity index (χ1n) is 7.47. The highest BCUT2D eigenvalue weighted by molar-refractivity contribution is 5.98. The molecule has 0 aromatic heterocycles. The minimum absolute atomic E-state index is 0.126. The average molecular weight is 378 g/mol. The van der Waals surface area contributed by atoms with Gasteiger partial charge in [-0.3, -0.25) is 19.7 Å². The van der Waals surface area contributed by atoms with E-state index in [1.807, 2.05) is 0 Å². The molecular formula is C15H17F3N2O6. The molecule has 0 aliphatic rings. The summed E-state index contributed by atoms with van der Waals surface area (Å²) in [7, 11) is 1.25. The molecule has 0 saturated carbocycles. The van der Waals surface area contributed by atoms with Crippen molar-refractivity contribution in [2.75, 3.05) is 20.3 Å². The van der Waals surface area contributed by atoms with Crippen LogP contribution in [0.4, 0.5) is 18.9 Å². The van der Waals surface area contributed by atoms with Gasteiger partial charge in [0.05, 0.1) is 12.0 Å². The van der Waals surface area contributed by atoms with Gasteiger partial charge in [0.15, 0.2) is 6.61 Å². The topological polar surface area (TPSA) is 108 Å². The first-order chi connectivity index (χ1) is 12.1. The predicted octanol–water partition coefficient (Wildman–Crippen LogP) is 2.61. The van der Waals surface area contributed by atoms with Crippen molar-refractivity contribution in [3.05, 3.63) is 33.9 Å². The van der Waals surface area contributed by atoms with Crippen molar-refractivity contribution < 1.29 is 37.2 Å². The smallest absolute Gasteiger partial charge is 0.422 e. The van der Waals surface area contributed by atoms with Gasteiger partial charge in [-0.15, -0.1) is 0 Å². The van der Waals surface area contributed by atoms with E-state index in [4.69, 9.17) is 0 Å². The Labute approximate surface area is 146 Å².